The highest BCUT2D eigenvalue weighted by molar-refractivity contribution is 6.31. The Balaban J connectivity index is 0.000000250. The molecule has 23 nitrogen and oxygen atoms in total. The molecule has 3 aliphatic carbocycles. The Hall–Kier alpha value is -8.91. The maximum Gasteiger partial charge on any atom is 0.338 e. The third kappa shape index (κ3) is 13.6. The molecule has 5 aromatic carbocycles. The molecule has 25 heteroatoms. The van der Waals surface area contributed by atoms with E-state index >= 15 is 4.79 Å². The topological polar surface area (TPSA) is 310 Å². The molecule has 1 aromatic heterocycles. The number of anilines is 2. The van der Waals surface area contributed by atoms with Gasteiger partial charge in [-0.3, -0.25) is 28.9 Å². The number of likely N-dealkylation sites (tertiary alicyclic amines) is 1. The first-order chi connectivity index (χ1) is 45.3. The van der Waals surface area contributed by atoms with E-state index in [1.165, 1.54) is 38.4 Å². The SMILES string of the molecule is CC(=O)O[C@H]1C(=O)[C@@]2(C)[C@H]([C@H](OC(=O)c3ccccc3)[C@]3(O)C[C@H](OC(=O)[C@H](O)[C@@H](NC(=O)c4ccccc4)c4ccccc4)C(C)=C1C3(C)C)[C@]1(OC(C)=O)CO[C@@H]1C[C@@H]2O.CNC(=O)CN1CCC(Oc2cc3c(Nc4cccc(Cl)c4F)ncnc3cc2OC)CC1. The highest BCUT2D eigenvalue weighted by Crippen LogP contribution is 2.64. The van der Waals surface area contributed by atoms with Gasteiger partial charge in [0, 0.05) is 69.3 Å². The van der Waals surface area contributed by atoms with Crippen LogP contribution >= 0.6 is 11.6 Å². The maximum absolute atomic E-state index is 15.5. The van der Waals surface area contributed by atoms with Crippen molar-refractivity contribution in [3.05, 3.63) is 166 Å². The summed E-state index contributed by atoms with van der Waals surface area (Å²) >= 11 is 5.91. The van der Waals surface area contributed by atoms with Crippen LogP contribution in [0.5, 0.6) is 11.5 Å². The maximum atomic E-state index is 15.5. The third-order valence-electron chi connectivity index (χ3n) is 19.1. The summed E-state index contributed by atoms with van der Waals surface area (Å²) in [4.78, 5) is 106. The quantitative estimate of drug-likeness (QED) is 0.0292. The molecular weight excluding hydrogens is 1250 g/mol. The molecule has 4 fully saturated rings. The smallest absolute Gasteiger partial charge is 0.338 e. The van der Waals surface area contributed by atoms with Crippen molar-refractivity contribution in [3.63, 3.8) is 0 Å². The standard InChI is InChI=1S/C47H51NO14.C23H25ClFN5O3/c1-25-31(60-43(56)36(52)35(28-16-10-7-11-17-28)48-41(54)29-18-12-8-13-19-29)23-47(57)40(61-42(55)30-20-14-9-15-21-30)38-45(6,32(51)22-33-46(38,24-58-33)62-27(3)50)39(53)37(59-26(2)49)34(25)44(47,4)5;1-26-21(31)12-30-8-6-14(7-9-30)33-20-10-15-18(11-19(20)32-2)27-13-28-23(15)29-17-5-3-4-16(24)22(17)25/h7-21,31-33,35-38,40,51-52,57H,22-24H2,1-6H3,(H,48,54);3-5,10-11,13-14H,6-9,12H2,1-2H3,(H,26,31)(H,27,28,29)/t31-,32-,33+,35-,36+,37+,38-,40-,45+,46-,47+;/m0./s1. The number of rotatable bonds is 17. The molecular formula is C70H76ClFN6O17. The van der Waals surface area contributed by atoms with Crippen molar-refractivity contribution < 1.29 is 86.4 Å². The molecule has 2 saturated heterocycles. The van der Waals surface area contributed by atoms with Crippen molar-refractivity contribution in [1.82, 2.24) is 25.5 Å². The molecule has 2 aliphatic heterocycles. The summed E-state index contributed by atoms with van der Waals surface area (Å²) < 4.78 is 56.5. The summed E-state index contributed by atoms with van der Waals surface area (Å²) in [6, 6.07) is 31.2. The molecule has 11 atom stereocenters. The highest BCUT2D eigenvalue weighted by Gasteiger charge is 2.78. The zero-order valence-corrected chi connectivity index (χ0v) is 54.4. The molecule has 2 bridgehead atoms. The number of methoxy groups -OCH3 is 1. The van der Waals surface area contributed by atoms with Gasteiger partial charge < -0.3 is 64.4 Å². The number of amides is 2. The van der Waals surface area contributed by atoms with Crippen molar-refractivity contribution in [2.45, 2.75) is 127 Å². The number of Topliss-reactive ketones (excluding diaryl/α,β-unsaturated/α-hetero) is 1. The van der Waals surface area contributed by atoms with Gasteiger partial charge in [0.2, 0.25) is 5.91 Å². The Morgan fingerprint density at radius 3 is 2.11 bits per heavy atom. The largest absolute Gasteiger partial charge is 0.493 e. The predicted octanol–water partition coefficient (Wildman–Crippen LogP) is 7.50. The first-order valence-corrected chi connectivity index (χ1v) is 31.5. The number of likely N-dealkylation sites (N-methyl/N-ethyl adjacent to an activating group) is 1. The fourth-order valence-corrected chi connectivity index (χ4v) is 14.1. The van der Waals surface area contributed by atoms with Crippen LogP contribution in [0.1, 0.15) is 99.5 Å². The zero-order chi connectivity index (χ0) is 68.3. The lowest BCUT2D eigenvalue weighted by Crippen LogP contribution is -2.82. The zero-order valence-electron chi connectivity index (χ0n) is 53.6. The lowest BCUT2D eigenvalue weighted by atomic mass is 9.44. The van der Waals surface area contributed by atoms with E-state index in [1.807, 2.05) is 0 Å². The second-order valence-corrected chi connectivity index (χ2v) is 25.5. The van der Waals surface area contributed by atoms with Crippen molar-refractivity contribution in [3.8, 4) is 11.5 Å². The van der Waals surface area contributed by atoms with Gasteiger partial charge in [-0.05, 0) is 85.9 Å². The summed E-state index contributed by atoms with van der Waals surface area (Å²) in [6.45, 7) is 9.88. The van der Waals surface area contributed by atoms with Gasteiger partial charge in [0.1, 0.15) is 42.2 Å². The van der Waals surface area contributed by atoms with Gasteiger partial charge in [0.15, 0.2) is 40.9 Å². The number of piperidine rings is 1. The van der Waals surface area contributed by atoms with E-state index in [4.69, 9.17) is 44.8 Å². The molecule has 6 aromatic rings. The summed E-state index contributed by atoms with van der Waals surface area (Å²) in [7, 11) is 3.21. The predicted molar refractivity (Wildman–Crippen MR) is 343 cm³/mol. The molecule has 0 radical (unpaired) electrons. The fourth-order valence-electron chi connectivity index (χ4n) is 14.0. The number of aromatic nitrogens is 2. The molecule has 95 heavy (non-hydrogen) atoms. The molecule has 6 N–H and O–H groups in total. The van der Waals surface area contributed by atoms with Gasteiger partial charge in [-0.1, -0.05) is 98.2 Å². The van der Waals surface area contributed by atoms with E-state index in [0.717, 1.165) is 39.8 Å². The van der Waals surface area contributed by atoms with Crippen LogP contribution in [0.4, 0.5) is 15.9 Å². The van der Waals surface area contributed by atoms with Crippen molar-refractivity contribution in [1.29, 1.82) is 0 Å². The van der Waals surface area contributed by atoms with Gasteiger partial charge >= 0.3 is 23.9 Å². The van der Waals surface area contributed by atoms with Gasteiger partial charge in [0.05, 0.1) is 65.5 Å². The van der Waals surface area contributed by atoms with E-state index in [0.29, 0.717) is 40.3 Å². The number of carbonyl (C=O) groups is 7. The molecule has 11 rings (SSSR count). The number of benzene rings is 5. The summed E-state index contributed by atoms with van der Waals surface area (Å²) in [5.41, 5.74) is -6.18. The number of ether oxygens (including phenoxy) is 7. The molecule has 2 amide bonds. The molecule has 502 valence electrons. The minimum Gasteiger partial charge on any atom is -0.493 e. The first kappa shape index (κ1) is 68.9. The number of esters is 4. The Morgan fingerprint density at radius 2 is 1.49 bits per heavy atom. The lowest BCUT2D eigenvalue weighted by molar-refractivity contribution is -0.346. The summed E-state index contributed by atoms with van der Waals surface area (Å²) in [6.07, 6.45) is -7.58. The van der Waals surface area contributed by atoms with Crippen LogP contribution in [0.15, 0.2) is 139 Å². The van der Waals surface area contributed by atoms with Crippen LogP contribution in [0.2, 0.25) is 5.02 Å². The summed E-state index contributed by atoms with van der Waals surface area (Å²) in [5, 5.41) is 46.6. The molecule has 5 aliphatic rings. The lowest BCUT2D eigenvalue weighted by Gasteiger charge is -2.67. The molecule has 0 spiro atoms. The second-order valence-electron chi connectivity index (χ2n) is 25.1. The Bertz CT molecular complexity index is 3920. The number of aliphatic hydroxyl groups is 3. The number of carbonyl (C=O) groups excluding carboxylic acids is 7. The minimum absolute atomic E-state index is 0.00161. The van der Waals surface area contributed by atoms with Crippen LogP contribution in [-0.4, -0.2) is 166 Å². The summed E-state index contributed by atoms with van der Waals surface area (Å²) in [5.74, 6) is -5.87. The fraction of sp³-hybridized carbons (Fsp3) is 0.414. The van der Waals surface area contributed by atoms with Crippen LogP contribution in [0.3, 0.4) is 0 Å². The Morgan fingerprint density at radius 1 is 0.842 bits per heavy atom. The average Bonchev–Trinajstić information content (AvgIpc) is 0.669. The van der Waals surface area contributed by atoms with Crippen molar-refractivity contribution in [2.75, 3.05) is 45.7 Å². The highest BCUT2D eigenvalue weighted by atomic mass is 35.5. The van der Waals surface area contributed by atoms with E-state index in [1.54, 1.807) is 131 Å². The first-order valence-electron chi connectivity index (χ1n) is 31.1. The van der Waals surface area contributed by atoms with Crippen LogP contribution in [-0.2, 0) is 47.7 Å². The monoisotopic (exact) mass is 1330 g/mol. The second kappa shape index (κ2) is 28.2. The minimum atomic E-state index is -2.39. The number of nitrogens with one attached hydrogen (secondary N) is 3. The number of hydrogen-bond acceptors (Lipinski definition) is 21. The number of fused-ring (bicyclic) bond motifs is 6. The van der Waals surface area contributed by atoms with Gasteiger partial charge in [-0.2, -0.15) is 0 Å². The van der Waals surface area contributed by atoms with E-state index in [9.17, 15) is 48.5 Å². The van der Waals surface area contributed by atoms with E-state index in [2.05, 4.69) is 30.8 Å². The van der Waals surface area contributed by atoms with Crippen LogP contribution in [0.25, 0.3) is 10.9 Å². The van der Waals surface area contributed by atoms with Crippen molar-refractivity contribution >= 4 is 75.5 Å². The molecule has 3 heterocycles. The molecule has 0 unspecified atom stereocenters. The average molecular weight is 1330 g/mol. The Labute approximate surface area is 552 Å². The van der Waals surface area contributed by atoms with E-state index in [-0.39, 0.29) is 58.0 Å². The molecule has 2 saturated carbocycles. The van der Waals surface area contributed by atoms with Crippen LogP contribution in [0, 0.1) is 22.6 Å². The van der Waals surface area contributed by atoms with Crippen LogP contribution < -0.4 is 25.4 Å². The number of ketones is 1. The van der Waals surface area contributed by atoms with Gasteiger partial charge in [-0.15, -0.1) is 0 Å². The number of halogens is 2. The Kier molecular flexibility index (Phi) is 20.5. The number of nitrogens with zero attached hydrogens (tertiary/aromatic N) is 3. The van der Waals surface area contributed by atoms with Gasteiger partial charge in [-0.25, -0.2) is 23.9 Å². The normalized spacial score (nSPS) is 25.9. The van der Waals surface area contributed by atoms with Crippen molar-refractivity contribution in [2.24, 2.45) is 16.7 Å². The number of hydrogen-bond donors (Lipinski definition) is 6. The van der Waals surface area contributed by atoms with E-state index < -0.39 is 118 Å². The third-order valence-corrected chi connectivity index (χ3v) is 19.4. The number of aliphatic hydroxyl groups excluding tert-OH is 2. The van der Waals surface area contributed by atoms with Gasteiger partial charge in [0.25, 0.3) is 5.91 Å².